The largest absolute Gasteiger partial charge is 0.484 e. The van der Waals surface area contributed by atoms with Crippen LogP contribution in [0.3, 0.4) is 0 Å². The molecule has 10 heteroatoms. The van der Waals surface area contributed by atoms with Gasteiger partial charge >= 0.3 is 0 Å². The van der Waals surface area contributed by atoms with E-state index in [2.05, 4.69) is 15.6 Å². The third-order valence-electron chi connectivity index (χ3n) is 6.20. The Labute approximate surface area is 183 Å². The fourth-order valence-corrected chi connectivity index (χ4v) is 4.58. The molecular formula is C21H23ClFN3O5. The van der Waals surface area contributed by atoms with Crippen LogP contribution in [0, 0.1) is 12.7 Å². The van der Waals surface area contributed by atoms with E-state index in [0.29, 0.717) is 38.0 Å². The first-order chi connectivity index (χ1) is 14.7. The number of nitrogens with zero attached hydrogens (tertiary/aromatic N) is 1. The van der Waals surface area contributed by atoms with Gasteiger partial charge in [0, 0.05) is 18.5 Å². The number of aromatic nitrogens is 1. The Kier molecular flexibility index (Phi) is 5.65. The molecule has 31 heavy (non-hydrogen) atoms. The highest BCUT2D eigenvalue weighted by atomic mass is 35.5. The summed E-state index contributed by atoms with van der Waals surface area (Å²) in [6, 6.07) is 3.93. The third kappa shape index (κ3) is 4.38. The third-order valence-corrected chi connectivity index (χ3v) is 6.51. The summed E-state index contributed by atoms with van der Waals surface area (Å²) in [6.07, 6.45) is 3.03. The number of halogens is 2. The molecule has 166 valence electrons. The Morgan fingerprint density at radius 2 is 2.06 bits per heavy atom. The molecule has 1 unspecified atom stereocenters. The van der Waals surface area contributed by atoms with Crippen molar-refractivity contribution in [3.63, 3.8) is 0 Å². The van der Waals surface area contributed by atoms with Crippen molar-refractivity contribution in [3.05, 3.63) is 46.9 Å². The molecule has 5 rings (SSSR count). The zero-order valence-electron chi connectivity index (χ0n) is 16.9. The average Bonchev–Trinajstić information content (AvgIpc) is 3.17. The molecule has 0 saturated heterocycles. The molecule has 3 N–H and O–H groups in total. The lowest BCUT2D eigenvalue weighted by atomic mass is 9.60. The van der Waals surface area contributed by atoms with E-state index >= 15 is 0 Å². The number of carbonyl (C=O) groups is 2. The van der Waals surface area contributed by atoms with Crippen molar-refractivity contribution in [2.24, 2.45) is 0 Å². The molecule has 0 aliphatic heterocycles. The van der Waals surface area contributed by atoms with Gasteiger partial charge in [-0.1, -0.05) is 11.6 Å². The maximum atomic E-state index is 13.5. The van der Waals surface area contributed by atoms with E-state index in [0.717, 1.165) is 6.07 Å². The molecule has 0 spiro atoms. The molecule has 3 aliphatic carbocycles. The van der Waals surface area contributed by atoms with Crippen molar-refractivity contribution in [1.82, 2.24) is 15.6 Å². The van der Waals surface area contributed by atoms with Gasteiger partial charge in [-0.05, 0) is 44.2 Å². The van der Waals surface area contributed by atoms with Crippen LogP contribution in [-0.4, -0.2) is 45.7 Å². The highest BCUT2D eigenvalue weighted by molar-refractivity contribution is 6.30. The highest BCUT2D eigenvalue weighted by Crippen LogP contribution is 2.47. The summed E-state index contributed by atoms with van der Waals surface area (Å²) in [5.74, 6) is -0.795. The summed E-state index contributed by atoms with van der Waals surface area (Å²) in [5.41, 5.74) is -1.12. The van der Waals surface area contributed by atoms with E-state index in [4.69, 9.17) is 20.8 Å². The molecule has 0 radical (unpaired) electrons. The van der Waals surface area contributed by atoms with Crippen LogP contribution >= 0.6 is 11.6 Å². The molecular weight excluding hydrogens is 429 g/mol. The number of benzene rings is 1. The van der Waals surface area contributed by atoms with E-state index in [1.54, 1.807) is 6.92 Å². The maximum absolute atomic E-state index is 13.5. The van der Waals surface area contributed by atoms with Gasteiger partial charge < -0.3 is 24.9 Å². The Bertz CT molecular complexity index is 1000. The Morgan fingerprint density at radius 1 is 1.32 bits per heavy atom. The van der Waals surface area contributed by atoms with Crippen LogP contribution in [0.5, 0.6) is 5.75 Å². The SMILES string of the molecule is Cc1nc(C(=O)NC23CCC(NC(=O)COc4ccc(Cl)c(F)c4)(CC2)C(O)C3)co1. The number of amides is 2. The standard InChI is InChI=1S/C21H23ClFN3O5/c1-12-24-16(10-30-12)19(29)26-20-4-6-21(7-5-20,17(27)9-20)25-18(28)11-31-13-2-3-14(22)15(23)8-13/h2-3,8,10,17,27H,4-7,9,11H2,1H3,(H,25,28)(H,26,29). The quantitative estimate of drug-likeness (QED) is 0.622. The lowest BCUT2D eigenvalue weighted by molar-refractivity contribution is -0.132. The van der Waals surface area contributed by atoms with E-state index in [9.17, 15) is 19.1 Å². The number of carbonyl (C=O) groups excluding carboxylic acids is 2. The predicted octanol–water partition coefficient (Wildman–Crippen LogP) is 2.52. The molecule has 2 bridgehead atoms. The minimum absolute atomic E-state index is 0.0301. The first-order valence-corrected chi connectivity index (χ1v) is 10.4. The number of rotatable bonds is 6. The van der Waals surface area contributed by atoms with Gasteiger partial charge in [0.2, 0.25) is 0 Å². The fourth-order valence-electron chi connectivity index (χ4n) is 4.46. The second-order valence-corrected chi connectivity index (χ2v) is 8.68. The zero-order valence-corrected chi connectivity index (χ0v) is 17.7. The van der Waals surface area contributed by atoms with Crippen molar-refractivity contribution < 1.29 is 28.2 Å². The Hall–Kier alpha value is -2.65. The minimum Gasteiger partial charge on any atom is -0.484 e. The van der Waals surface area contributed by atoms with E-state index in [1.165, 1.54) is 18.4 Å². The van der Waals surface area contributed by atoms with Gasteiger partial charge in [-0.15, -0.1) is 0 Å². The van der Waals surface area contributed by atoms with Crippen LogP contribution in [0.15, 0.2) is 28.9 Å². The molecule has 8 nitrogen and oxygen atoms in total. The van der Waals surface area contributed by atoms with Crippen LogP contribution in [0.2, 0.25) is 5.02 Å². The van der Waals surface area contributed by atoms with Crippen LogP contribution in [0.4, 0.5) is 4.39 Å². The van der Waals surface area contributed by atoms with Gasteiger partial charge in [-0.3, -0.25) is 9.59 Å². The van der Waals surface area contributed by atoms with Crippen molar-refractivity contribution in [2.75, 3.05) is 6.61 Å². The number of aryl methyl sites for hydroxylation is 1. The van der Waals surface area contributed by atoms with Crippen molar-refractivity contribution in [1.29, 1.82) is 0 Å². The molecule has 3 aliphatic rings. The highest BCUT2D eigenvalue weighted by Gasteiger charge is 2.55. The molecule has 1 atom stereocenters. The summed E-state index contributed by atoms with van der Waals surface area (Å²) in [5, 5.41) is 16.7. The van der Waals surface area contributed by atoms with Gasteiger partial charge in [0.15, 0.2) is 18.2 Å². The van der Waals surface area contributed by atoms with E-state index < -0.39 is 28.9 Å². The molecule has 1 heterocycles. The summed E-state index contributed by atoms with van der Waals surface area (Å²) in [7, 11) is 0. The molecule has 3 fully saturated rings. The number of aliphatic hydroxyl groups is 1. The minimum atomic E-state index is -0.828. The lowest BCUT2D eigenvalue weighted by Crippen LogP contribution is -2.70. The van der Waals surface area contributed by atoms with Gasteiger partial charge in [0.25, 0.3) is 11.8 Å². The first-order valence-electron chi connectivity index (χ1n) is 10.0. The molecule has 2 amide bonds. The summed E-state index contributed by atoms with van der Waals surface area (Å²) >= 11 is 5.64. The molecule has 2 aromatic rings. The maximum Gasteiger partial charge on any atom is 0.273 e. The summed E-state index contributed by atoms with van der Waals surface area (Å²) in [4.78, 5) is 29.0. The molecule has 1 aromatic heterocycles. The van der Waals surface area contributed by atoms with Gasteiger partial charge in [-0.25, -0.2) is 9.37 Å². The first kappa shape index (κ1) is 21.6. The molecule has 1 aromatic carbocycles. The van der Waals surface area contributed by atoms with Gasteiger partial charge in [0.05, 0.1) is 16.7 Å². The van der Waals surface area contributed by atoms with Crippen LogP contribution in [0.1, 0.15) is 48.5 Å². The van der Waals surface area contributed by atoms with Gasteiger partial charge in [0.1, 0.15) is 17.8 Å². The van der Waals surface area contributed by atoms with Crippen molar-refractivity contribution >= 4 is 23.4 Å². The topological polar surface area (TPSA) is 114 Å². The number of oxazole rings is 1. The van der Waals surface area contributed by atoms with Crippen LogP contribution in [-0.2, 0) is 4.79 Å². The Morgan fingerprint density at radius 3 is 2.68 bits per heavy atom. The number of ether oxygens (including phenoxy) is 1. The number of fused-ring (bicyclic) bond motifs is 3. The summed E-state index contributed by atoms with van der Waals surface area (Å²) < 4.78 is 23.9. The van der Waals surface area contributed by atoms with Crippen LogP contribution < -0.4 is 15.4 Å². The van der Waals surface area contributed by atoms with Crippen LogP contribution in [0.25, 0.3) is 0 Å². The Balaban J connectivity index is 1.34. The second-order valence-electron chi connectivity index (χ2n) is 8.28. The van der Waals surface area contributed by atoms with E-state index in [1.807, 2.05) is 0 Å². The summed E-state index contributed by atoms with van der Waals surface area (Å²) in [6.45, 7) is 1.34. The smallest absolute Gasteiger partial charge is 0.273 e. The predicted molar refractivity (Wildman–Crippen MR) is 108 cm³/mol. The van der Waals surface area contributed by atoms with Gasteiger partial charge in [-0.2, -0.15) is 0 Å². The zero-order chi connectivity index (χ0) is 22.2. The average molecular weight is 452 g/mol. The number of nitrogens with one attached hydrogen (secondary N) is 2. The molecule has 3 saturated carbocycles. The fraction of sp³-hybridized carbons (Fsp3) is 0.476. The number of hydrogen-bond acceptors (Lipinski definition) is 6. The lowest BCUT2D eigenvalue weighted by Gasteiger charge is -2.56. The van der Waals surface area contributed by atoms with Crippen molar-refractivity contribution in [3.8, 4) is 5.75 Å². The normalized spacial score (nSPS) is 27.0. The van der Waals surface area contributed by atoms with E-state index in [-0.39, 0.29) is 29.0 Å². The number of aliphatic hydroxyl groups excluding tert-OH is 1. The number of hydrogen-bond donors (Lipinski definition) is 3. The monoisotopic (exact) mass is 451 g/mol. The van der Waals surface area contributed by atoms with Crippen molar-refractivity contribution in [2.45, 2.75) is 56.2 Å². The second kappa shape index (κ2) is 8.12.